The first kappa shape index (κ1) is 17.3. The van der Waals surface area contributed by atoms with E-state index in [1.54, 1.807) is 6.07 Å². The summed E-state index contributed by atoms with van der Waals surface area (Å²) in [4.78, 5) is 23.3. The molecule has 7 heteroatoms. The minimum atomic E-state index is -0.610. The number of hydrogen-bond donors (Lipinski definition) is 1. The normalized spacial score (nSPS) is 19.8. The van der Waals surface area contributed by atoms with E-state index in [2.05, 4.69) is 9.47 Å². The lowest BCUT2D eigenvalue weighted by Crippen LogP contribution is -2.43. The van der Waals surface area contributed by atoms with Crippen LogP contribution in [0, 0.1) is 0 Å². The van der Waals surface area contributed by atoms with Crippen molar-refractivity contribution in [2.75, 3.05) is 14.2 Å². The van der Waals surface area contributed by atoms with E-state index in [0.717, 1.165) is 12.8 Å². The SMILES string of the molecule is COC(=O)c1ccc(O[C@H]2C[C@H](N)C2)cc1C(=O)OC.Cl. The van der Waals surface area contributed by atoms with Gasteiger partial charge in [-0.15, -0.1) is 12.4 Å². The van der Waals surface area contributed by atoms with Crippen molar-refractivity contribution >= 4 is 24.3 Å². The fraction of sp³-hybridized carbons (Fsp3) is 0.429. The second-order valence-corrected chi connectivity index (χ2v) is 4.66. The molecule has 0 bridgehead atoms. The second-order valence-electron chi connectivity index (χ2n) is 4.66. The molecular formula is C14H18ClNO5. The summed E-state index contributed by atoms with van der Waals surface area (Å²) in [5.41, 5.74) is 5.96. The lowest BCUT2D eigenvalue weighted by molar-refractivity contribution is 0.0553. The van der Waals surface area contributed by atoms with Crippen molar-refractivity contribution in [2.45, 2.75) is 25.0 Å². The van der Waals surface area contributed by atoms with E-state index < -0.39 is 11.9 Å². The standard InChI is InChI=1S/C14H17NO5.ClH/c1-18-13(16)11-4-3-9(7-12(11)14(17)19-2)20-10-5-8(15)6-10;/h3-4,7-8,10H,5-6,15H2,1-2H3;1H/t8-,10-;. The first-order chi connectivity index (χ1) is 9.55. The number of benzene rings is 1. The van der Waals surface area contributed by atoms with Crippen LogP contribution in [0.25, 0.3) is 0 Å². The number of methoxy groups -OCH3 is 2. The molecule has 0 heterocycles. The monoisotopic (exact) mass is 315 g/mol. The highest BCUT2D eigenvalue weighted by molar-refractivity contribution is 6.03. The van der Waals surface area contributed by atoms with Crippen LogP contribution in [-0.2, 0) is 9.47 Å². The molecule has 0 aliphatic heterocycles. The molecule has 6 nitrogen and oxygen atoms in total. The third-order valence-corrected chi connectivity index (χ3v) is 3.24. The summed E-state index contributed by atoms with van der Waals surface area (Å²) in [5, 5.41) is 0. The largest absolute Gasteiger partial charge is 0.490 e. The molecule has 1 aromatic carbocycles. The summed E-state index contributed by atoms with van der Waals surface area (Å²) in [5.74, 6) is -0.696. The average Bonchev–Trinajstić information content (AvgIpc) is 2.43. The molecule has 0 spiro atoms. The van der Waals surface area contributed by atoms with Crippen molar-refractivity contribution in [3.8, 4) is 5.75 Å². The highest BCUT2D eigenvalue weighted by Gasteiger charge is 2.28. The predicted octanol–water partition coefficient (Wildman–Crippen LogP) is 1.55. The minimum Gasteiger partial charge on any atom is -0.490 e. The number of hydrogen-bond acceptors (Lipinski definition) is 6. The van der Waals surface area contributed by atoms with Gasteiger partial charge in [-0.1, -0.05) is 0 Å². The van der Waals surface area contributed by atoms with Crippen molar-refractivity contribution in [3.05, 3.63) is 29.3 Å². The summed E-state index contributed by atoms with van der Waals surface area (Å²) in [6, 6.07) is 4.78. The molecule has 1 aliphatic carbocycles. The van der Waals surface area contributed by atoms with Crippen molar-refractivity contribution < 1.29 is 23.8 Å². The number of esters is 2. The topological polar surface area (TPSA) is 87.9 Å². The molecular weight excluding hydrogens is 298 g/mol. The van der Waals surface area contributed by atoms with E-state index in [4.69, 9.17) is 10.5 Å². The van der Waals surface area contributed by atoms with Gasteiger partial charge in [-0.25, -0.2) is 9.59 Å². The molecule has 116 valence electrons. The minimum absolute atomic E-state index is 0. The molecule has 2 N–H and O–H groups in total. The maximum Gasteiger partial charge on any atom is 0.338 e. The molecule has 1 aromatic rings. The zero-order valence-corrected chi connectivity index (χ0v) is 12.6. The highest BCUT2D eigenvalue weighted by Crippen LogP contribution is 2.26. The summed E-state index contributed by atoms with van der Waals surface area (Å²) in [7, 11) is 2.51. The van der Waals surface area contributed by atoms with Crippen LogP contribution in [0.5, 0.6) is 5.75 Å². The van der Waals surface area contributed by atoms with E-state index in [1.165, 1.54) is 26.4 Å². The van der Waals surface area contributed by atoms with Crippen molar-refractivity contribution in [1.82, 2.24) is 0 Å². The zero-order valence-electron chi connectivity index (χ0n) is 11.8. The molecule has 0 unspecified atom stereocenters. The number of carbonyl (C=O) groups is 2. The first-order valence-corrected chi connectivity index (χ1v) is 6.28. The van der Waals surface area contributed by atoms with Crippen LogP contribution < -0.4 is 10.5 Å². The third kappa shape index (κ3) is 3.86. The van der Waals surface area contributed by atoms with Gasteiger partial charge in [-0.2, -0.15) is 0 Å². The van der Waals surface area contributed by atoms with Gasteiger partial charge in [-0.3, -0.25) is 0 Å². The van der Waals surface area contributed by atoms with E-state index in [-0.39, 0.29) is 35.7 Å². The fourth-order valence-electron chi connectivity index (χ4n) is 2.06. The second kappa shape index (κ2) is 7.28. The Morgan fingerprint density at radius 2 is 1.67 bits per heavy atom. The molecule has 0 radical (unpaired) electrons. The lowest BCUT2D eigenvalue weighted by Gasteiger charge is -2.32. The van der Waals surface area contributed by atoms with Crippen molar-refractivity contribution in [2.24, 2.45) is 5.73 Å². The Balaban J connectivity index is 0.00000220. The smallest absolute Gasteiger partial charge is 0.338 e. The molecule has 0 atom stereocenters. The Hall–Kier alpha value is -1.79. The van der Waals surface area contributed by atoms with Crippen LogP contribution >= 0.6 is 12.4 Å². The maximum atomic E-state index is 11.7. The predicted molar refractivity (Wildman–Crippen MR) is 78.0 cm³/mol. The van der Waals surface area contributed by atoms with Gasteiger partial charge in [-0.05, 0) is 31.0 Å². The molecule has 2 rings (SSSR count). The van der Waals surface area contributed by atoms with Crippen molar-refractivity contribution in [1.29, 1.82) is 0 Å². The molecule has 0 aromatic heterocycles. The number of rotatable bonds is 4. The van der Waals surface area contributed by atoms with Gasteiger partial charge in [0.25, 0.3) is 0 Å². The van der Waals surface area contributed by atoms with Gasteiger partial charge in [0.2, 0.25) is 0 Å². The molecule has 1 fully saturated rings. The van der Waals surface area contributed by atoms with Crippen LogP contribution in [0.1, 0.15) is 33.6 Å². The molecule has 0 saturated heterocycles. The van der Waals surface area contributed by atoms with Crippen molar-refractivity contribution in [3.63, 3.8) is 0 Å². The van der Waals surface area contributed by atoms with Gasteiger partial charge >= 0.3 is 11.9 Å². The Kier molecular flexibility index (Phi) is 5.99. The Bertz CT molecular complexity index is 528. The van der Waals surface area contributed by atoms with E-state index in [1.807, 2.05) is 0 Å². The molecule has 0 amide bonds. The van der Waals surface area contributed by atoms with E-state index in [0.29, 0.717) is 5.75 Å². The van der Waals surface area contributed by atoms with Gasteiger partial charge in [0.1, 0.15) is 11.9 Å². The quantitative estimate of drug-likeness (QED) is 0.848. The van der Waals surface area contributed by atoms with Gasteiger partial charge < -0.3 is 19.9 Å². The first-order valence-electron chi connectivity index (χ1n) is 6.28. The van der Waals surface area contributed by atoms with Crippen LogP contribution in [0.15, 0.2) is 18.2 Å². The van der Waals surface area contributed by atoms with Gasteiger partial charge in [0.15, 0.2) is 0 Å². The van der Waals surface area contributed by atoms with Gasteiger partial charge in [0.05, 0.1) is 25.3 Å². The maximum absolute atomic E-state index is 11.7. The molecule has 1 aliphatic rings. The zero-order chi connectivity index (χ0) is 14.7. The Morgan fingerprint density at radius 1 is 1.10 bits per heavy atom. The summed E-state index contributed by atoms with van der Waals surface area (Å²) >= 11 is 0. The highest BCUT2D eigenvalue weighted by atomic mass is 35.5. The number of halogens is 1. The Labute approximate surface area is 129 Å². The Morgan fingerprint density at radius 3 is 2.19 bits per heavy atom. The third-order valence-electron chi connectivity index (χ3n) is 3.24. The fourth-order valence-corrected chi connectivity index (χ4v) is 2.06. The average molecular weight is 316 g/mol. The lowest BCUT2D eigenvalue weighted by atomic mass is 9.90. The van der Waals surface area contributed by atoms with Crippen LogP contribution in [0.2, 0.25) is 0 Å². The summed E-state index contributed by atoms with van der Waals surface area (Å²) in [6.07, 6.45) is 1.62. The van der Waals surface area contributed by atoms with E-state index in [9.17, 15) is 9.59 Å². The number of carbonyl (C=O) groups excluding carboxylic acids is 2. The summed E-state index contributed by atoms with van der Waals surface area (Å²) < 4.78 is 15.0. The van der Waals surface area contributed by atoms with Crippen LogP contribution in [-0.4, -0.2) is 38.3 Å². The molecule has 1 saturated carbocycles. The molecule has 21 heavy (non-hydrogen) atoms. The number of nitrogens with two attached hydrogens (primary N) is 1. The number of ether oxygens (including phenoxy) is 3. The van der Waals surface area contributed by atoms with Gasteiger partial charge in [0, 0.05) is 6.04 Å². The van der Waals surface area contributed by atoms with Crippen LogP contribution in [0.4, 0.5) is 0 Å². The van der Waals surface area contributed by atoms with Crippen LogP contribution in [0.3, 0.4) is 0 Å². The van der Waals surface area contributed by atoms with E-state index >= 15 is 0 Å². The summed E-state index contributed by atoms with van der Waals surface area (Å²) in [6.45, 7) is 0.